The first-order chi connectivity index (χ1) is 20.3. The molecule has 1 heterocycles. The number of quaternary nitrogens is 1. The first kappa shape index (κ1) is 34.3. The molecule has 1 fully saturated rings. The minimum absolute atomic E-state index is 0.0185. The Labute approximate surface area is 256 Å². The van der Waals surface area contributed by atoms with E-state index in [1.165, 1.54) is 6.26 Å². The Morgan fingerprint density at radius 3 is 2.26 bits per heavy atom. The Morgan fingerprint density at radius 2 is 1.67 bits per heavy atom. The molecular weight excluding hydrogens is 572 g/mol. The lowest BCUT2D eigenvalue weighted by Crippen LogP contribution is -3.13. The van der Waals surface area contributed by atoms with E-state index in [-0.39, 0.29) is 24.3 Å². The number of aliphatic hydroxyl groups is 1. The fraction of sp³-hybridized carbons (Fsp3) is 0.516. The van der Waals surface area contributed by atoms with Gasteiger partial charge in [0.15, 0.2) is 0 Å². The first-order valence-corrected chi connectivity index (χ1v) is 16.2. The van der Waals surface area contributed by atoms with Crippen LogP contribution in [0.1, 0.15) is 44.7 Å². The number of carbonyl (C=O) groups is 3. The molecule has 2 unspecified atom stereocenters. The second kappa shape index (κ2) is 16.1. The monoisotopic (exact) mass is 616 g/mol. The maximum Gasteiger partial charge on any atom is 0.408 e. The molecule has 2 aromatic carbocycles. The molecule has 1 aliphatic rings. The van der Waals surface area contributed by atoms with Crippen LogP contribution in [-0.2, 0) is 38.2 Å². The van der Waals surface area contributed by atoms with Gasteiger partial charge in [-0.25, -0.2) is 9.59 Å². The zero-order valence-corrected chi connectivity index (χ0v) is 26.1. The van der Waals surface area contributed by atoms with Gasteiger partial charge in [0.2, 0.25) is 5.91 Å². The van der Waals surface area contributed by atoms with Crippen molar-refractivity contribution in [1.82, 2.24) is 15.5 Å². The molecule has 11 nitrogen and oxygen atoms in total. The van der Waals surface area contributed by atoms with Crippen LogP contribution in [0, 0.1) is 5.21 Å². The smallest absolute Gasteiger partial charge is 0.408 e. The molecule has 0 bridgehead atoms. The highest BCUT2D eigenvalue weighted by Gasteiger charge is 2.41. The largest absolute Gasteiger partial charge is 0.627 e. The van der Waals surface area contributed by atoms with Gasteiger partial charge >= 0.3 is 12.0 Å². The highest BCUT2D eigenvalue weighted by Crippen LogP contribution is 2.26. The number of ether oxygens (including phenoxy) is 1. The van der Waals surface area contributed by atoms with Crippen LogP contribution in [-0.4, -0.2) is 87.0 Å². The molecule has 6 atom stereocenters. The number of nitrogens with zero attached hydrogens (tertiary/aromatic N) is 1. The molecule has 0 aromatic heterocycles. The summed E-state index contributed by atoms with van der Waals surface area (Å²) in [6.07, 6.45) is 0.689. The number of amides is 3. The molecule has 3 amide bonds. The molecule has 2 aromatic rings. The van der Waals surface area contributed by atoms with Gasteiger partial charge in [0.25, 0.3) is 0 Å². The number of hydrogen-bond donors (Lipinski definition) is 4. The van der Waals surface area contributed by atoms with E-state index in [0.717, 1.165) is 17.5 Å². The third-order valence-corrected chi connectivity index (χ3v) is 8.20. The van der Waals surface area contributed by atoms with Crippen molar-refractivity contribution >= 4 is 28.7 Å². The number of hydrogen-bond acceptors (Lipinski definition) is 8. The van der Waals surface area contributed by atoms with Gasteiger partial charge in [-0.2, -0.15) is 0 Å². The van der Waals surface area contributed by atoms with Gasteiger partial charge in [-0.1, -0.05) is 60.7 Å². The lowest BCUT2D eigenvalue weighted by atomic mass is 10.00. The van der Waals surface area contributed by atoms with E-state index in [9.17, 15) is 28.9 Å². The Bertz CT molecular complexity index is 1230. The summed E-state index contributed by atoms with van der Waals surface area (Å²) in [6.45, 7) is 6.21. The molecule has 43 heavy (non-hydrogen) atoms. The van der Waals surface area contributed by atoms with Crippen LogP contribution in [0.2, 0.25) is 0 Å². The predicted octanol–water partition coefficient (Wildman–Crippen LogP) is 0.921. The molecule has 0 aliphatic carbocycles. The third kappa shape index (κ3) is 10.8. The minimum Gasteiger partial charge on any atom is -0.627 e. The van der Waals surface area contributed by atoms with Crippen LogP contribution in [0.4, 0.5) is 4.79 Å². The summed E-state index contributed by atoms with van der Waals surface area (Å²) in [5.74, 6) is -1.43. The van der Waals surface area contributed by atoms with E-state index >= 15 is 0 Å². The normalized spacial score (nSPS) is 19.1. The SMILES string of the molecule is CS(=O)C[C@H](NC(=O)OCc1ccccc1)C(=O)N[C@@H](Cc1ccccc1)[C@H](O)C[NH+]([O-])C(=O)[C@@H]1CCCN1C(C)(C)C. The maximum absolute atomic E-state index is 13.4. The summed E-state index contributed by atoms with van der Waals surface area (Å²) < 4.78 is 17.3. The van der Waals surface area contributed by atoms with Crippen LogP contribution < -0.4 is 15.7 Å². The van der Waals surface area contributed by atoms with Crippen molar-refractivity contribution in [3.63, 3.8) is 0 Å². The number of aliphatic hydroxyl groups excluding tert-OH is 1. The van der Waals surface area contributed by atoms with Crippen molar-refractivity contribution in [3.8, 4) is 0 Å². The number of hydroxylamine groups is 2. The lowest BCUT2D eigenvalue weighted by Gasteiger charge is -2.37. The molecule has 0 radical (unpaired) electrons. The van der Waals surface area contributed by atoms with E-state index in [4.69, 9.17) is 4.74 Å². The average molecular weight is 617 g/mol. The average Bonchev–Trinajstić information content (AvgIpc) is 3.47. The van der Waals surface area contributed by atoms with Crippen LogP contribution in [0.25, 0.3) is 0 Å². The summed E-state index contributed by atoms with van der Waals surface area (Å²) in [6, 6.07) is 15.4. The Morgan fingerprint density at radius 1 is 1.07 bits per heavy atom. The van der Waals surface area contributed by atoms with E-state index in [1.807, 2.05) is 62.1 Å². The number of nitrogens with one attached hydrogen (secondary N) is 3. The highest BCUT2D eigenvalue weighted by atomic mass is 32.2. The van der Waals surface area contributed by atoms with E-state index in [1.54, 1.807) is 24.3 Å². The Hall–Kier alpha value is -3.16. The lowest BCUT2D eigenvalue weighted by molar-refractivity contribution is -0.771. The van der Waals surface area contributed by atoms with E-state index < -0.39 is 64.5 Å². The van der Waals surface area contributed by atoms with Crippen molar-refractivity contribution in [2.45, 2.75) is 76.4 Å². The zero-order valence-electron chi connectivity index (χ0n) is 25.3. The van der Waals surface area contributed by atoms with Gasteiger partial charge in [-0.05, 0) is 57.7 Å². The third-order valence-electron chi connectivity index (χ3n) is 7.40. The number of carbonyl (C=O) groups excluding carboxylic acids is 3. The molecule has 3 rings (SSSR count). The molecule has 0 saturated carbocycles. The second-order valence-electron chi connectivity index (χ2n) is 11.9. The quantitative estimate of drug-likeness (QED) is 0.243. The molecule has 1 saturated heterocycles. The van der Waals surface area contributed by atoms with Crippen LogP contribution in [0.15, 0.2) is 60.7 Å². The number of likely N-dealkylation sites (tertiary alicyclic amines) is 1. The molecule has 0 spiro atoms. The fourth-order valence-corrected chi connectivity index (χ4v) is 5.92. The molecule has 236 valence electrons. The predicted molar refractivity (Wildman–Crippen MR) is 164 cm³/mol. The van der Waals surface area contributed by atoms with Gasteiger partial charge in [-0.15, -0.1) is 0 Å². The van der Waals surface area contributed by atoms with Crippen molar-refractivity contribution < 1.29 is 33.5 Å². The van der Waals surface area contributed by atoms with Crippen LogP contribution in [0.5, 0.6) is 0 Å². The molecule has 12 heteroatoms. The van der Waals surface area contributed by atoms with Crippen molar-refractivity contribution in [1.29, 1.82) is 0 Å². The number of alkyl carbamates (subject to hydrolysis) is 1. The van der Waals surface area contributed by atoms with Crippen LogP contribution in [0.3, 0.4) is 0 Å². The summed E-state index contributed by atoms with van der Waals surface area (Å²) in [5, 5.41) is 28.8. The molecular formula is C31H44N4O7S. The van der Waals surface area contributed by atoms with Crippen molar-refractivity contribution in [2.24, 2.45) is 0 Å². The Kier molecular flexibility index (Phi) is 12.8. The van der Waals surface area contributed by atoms with Gasteiger partial charge in [-0.3, -0.25) is 13.9 Å². The van der Waals surface area contributed by atoms with Gasteiger partial charge < -0.3 is 30.7 Å². The minimum atomic E-state index is -1.46. The number of rotatable bonds is 13. The van der Waals surface area contributed by atoms with Crippen molar-refractivity contribution in [2.75, 3.05) is 25.1 Å². The van der Waals surface area contributed by atoms with Gasteiger partial charge in [0.1, 0.15) is 31.3 Å². The standard InChI is InChI=1S/C31H44N4O7S/c1-31(2,3)34-17-11-16-26(34)29(38)35(40)19-27(36)24(18-22-12-7-5-8-13-22)32-28(37)25(21-43(4)41)33-30(39)42-20-23-14-9-6-10-15-23/h5-10,12-15,24-27,35-36H,11,16-21H2,1-4H3,(H,32,37)(H,33,39)/t24-,25-,26-,27+,43?/m0/s1. The van der Waals surface area contributed by atoms with Gasteiger partial charge in [0, 0.05) is 22.6 Å². The molecule has 4 N–H and O–H groups in total. The molecule has 1 aliphatic heterocycles. The van der Waals surface area contributed by atoms with Crippen LogP contribution >= 0.6 is 0 Å². The maximum atomic E-state index is 13.4. The topological polar surface area (TPSA) is 153 Å². The van der Waals surface area contributed by atoms with Gasteiger partial charge in [0.05, 0.1) is 11.8 Å². The first-order valence-electron chi connectivity index (χ1n) is 14.5. The summed E-state index contributed by atoms with van der Waals surface area (Å²) in [4.78, 5) is 41.1. The van der Waals surface area contributed by atoms with Crippen molar-refractivity contribution in [3.05, 3.63) is 77.0 Å². The van der Waals surface area contributed by atoms with E-state index in [2.05, 4.69) is 10.6 Å². The highest BCUT2D eigenvalue weighted by molar-refractivity contribution is 7.84. The van der Waals surface area contributed by atoms with E-state index in [0.29, 0.717) is 13.0 Å². The Balaban J connectivity index is 1.71. The zero-order chi connectivity index (χ0) is 31.6. The second-order valence-corrected chi connectivity index (χ2v) is 13.4. The fourth-order valence-electron chi connectivity index (χ4n) is 5.22. The summed E-state index contributed by atoms with van der Waals surface area (Å²) in [7, 11) is -1.46. The number of benzene rings is 2. The summed E-state index contributed by atoms with van der Waals surface area (Å²) in [5.41, 5.74) is 1.25. The summed E-state index contributed by atoms with van der Waals surface area (Å²) >= 11 is 0.